The lowest BCUT2D eigenvalue weighted by atomic mass is 10.3. The van der Waals surface area contributed by atoms with E-state index in [1.165, 1.54) is 12.1 Å². The second-order valence-electron chi connectivity index (χ2n) is 3.67. The molecule has 0 unspecified atom stereocenters. The smallest absolute Gasteiger partial charge is 0.352 e. The molecular formula is C11H9FN2O4S. The van der Waals surface area contributed by atoms with E-state index in [1.54, 1.807) is 0 Å². The van der Waals surface area contributed by atoms with Crippen LogP contribution in [0.4, 0.5) is 10.1 Å². The van der Waals surface area contributed by atoms with Crippen LogP contribution in [0, 0.1) is 5.82 Å². The van der Waals surface area contributed by atoms with Gasteiger partial charge in [-0.3, -0.25) is 4.72 Å². The molecule has 0 aliphatic carbocycles. The van der Waals surface area contributed by atoms with Gasteiger partial charge in [0.15, 0.2) is 0 Å². The molecular weight excluding hydrogens is 275 g/mol. The Morgan fingerprint density at radius 3 is 2.42 bits per heavy atom. The molecule has 1 aromatic heterocycles. The molecule has 6 nitrogen and oxygen atoms in total. The van der Waals surface area contributed by atoms with Crippen molar-refractivity contribution < 1.29 is 22.7 Å². The van der Waals surface area contributed by atoms with Crippen molar-refractivity contribution in [2.75, 3.05) is 4.72 Å². The van der Waals surface area contributed by atoms with Crippen LogP contribution in [0.2, 0.25) is 0 Å². The van der Waals surface area contributed by atoms with E-state index < -0.39 is 21.8 Å². The number of aromatic carboxylic acids is 1. The van der Waals surface area contributed by atoms with Crippen molar-refractivity contribution in [3.8, 4) is 0 Å². The summed E-state index contributed by atoms with van der Waals surface area (Å²) < 4.78 is 38.7. The number of benzene rings is 1. The highest BCUT2D eigenvalue weighted by molar-refractivity contribution is 7.92. The first-order chi connectivity index (χ1) is 8.88. The molecule has 0 spiro atoms. The lowest BCUT2D eigenvalue weighted by Crippen LogP contribution is -2.12. The average Bonchev–Trinajstić information content (AvgIpc) is 2.82. The first-order valence-corrected chi connectivity index (χ1v) is 6.57. The van der Waals surface area contributed by atoms with E-state index in [-0.39, 0.29) is 16.3 Å². The van der Waals surface area contributed by atoms with Crippen molar-refractivity contribution in [3.05, 3.63) is 48.0 Å². The van der Waals surface area contributed by atoms with E-state index in [4.69, 9.17) is 5.11 Å². The third kappa shape index (κ3) is 2.91. The quantitative estimate of drug-likeness (QED) is 0.794. The molecule has 0 radical (unpaired) electrons. The molecule has 0 amide bonds. The van der Waals surface area contributed by atoms with Gasteiger partial charge in [-0.25, -0.2) is 17.6 Å². The van der Waals surface area contributed by atoms with Gasteiger partial charge in [0.2, 0.25) is 0 Å². The molecule has 0 saturated carbocycles. The van der Waals surface area contributed by atoms with Crippen molar-refractivity contribution in [1.29, 1.82) is 0 Å². The van der Waals surface area contributed by atoms with Crippen LogP contribution in [0.5, 0.6) is 0 Å². The molecule has 0 bridgehead atoms. The van der Waals surface area contributed by atoms with Gasteiger partial charge in [0.1, 0.15) is 16.4 Å². The lowest BCUT2D eigenvalue weighted by molar-refractivity contribution is 0.0691. The normalized spacial score (nSPS) is 11.2. The Bertz CT molecular complexity index is 707. The number of carboxylic acid groups (broad SMARTS) is 1. The van der Waals surface area contributed by atoms with Gasteiger partial charge in [-0.1, -0.05) is 0 Å². The van der Waals surface area contributed by atoms with Gasteiger partial charge in [-0.15, -0.1) is 0 Å². The topological polar surface area (TPSA) is 99.3 Å². The average molecular weight is 284 g/mol. The third-order valence-corrected chi connectivity index (χ3v) is 3.65. The Hall–Kier alpha value is -2.35. The maximum absolute atomic E-state index is 12.7. The van der Waals surface area contributed by atoms with Gasteiger partial charge in [0.25, 0.3) is 10.0 Å². The molecule has 8 heteroatoms. The van der Waals surface area contributed by atoms with Crippen molar-refractivity contribution in [2.24, 2.45) is 0 Å². The fourth-order valence-electron chi connectivity index (χ4n) is 1.39. The van der Waals surface area contributed by atoms with Crippen molar-refractivity contribution in [1.82, 2.24) is 4.98 Å². The highest BCUT2D eigenvalue weighted by Gasteiger charge is 2.18. The Labute approximate surface area is 107 Å². The predicted octanol–water partition coefficient (Wildman–Crippen LogP) is 1.65. The second-order valence-corrected chi connectivity index (χ2v) is 5.35. The lowest BCUT2D eigenvalue weighted by Gasteiger charge is -2.05. The van der Waals surface area contributed by atoms with E-state index in [0.717, 1.165) is 24.4 Å². The van der Waals surface area contributed by atoms with E-state index in [2.05, 4.69) is 9.71 Å². The zero-order chi connectivity index (χ0) is 14.0. The van der Waals surface area contributed by atoms with E-state index >= 15 is 0 Å². The Morgan fingerprint density at radius 1 is 1.26 bits per heavy atom. The zero-order valence-electron chi connectivity index (χ0n) is 9.42. The van der Waals surface area contributed by atoms with Crippen molar-refractivity contribution in [3.63, 3.8) is 0 Å². The van der Waals surface area contributed by atoms with E-state index in [1.807, 2.05) is 0 Å². The highest BCUT2D eigenvalue weighted by atomic mass is 32.2. The number of rotatable bonds is 4. The summed E-state index contributed by atoms with van der Waals surface area (Å²) in [7, 11) is -3.91. The molecule has 19 heavy (non-hydrogen) atoms. The number of nitrogens with one attached hydrogen (secondary N) is 2. The maximum Gasteiger partial charge on any atom is 0.352 e. The molecule has 0 fully saturated rings. The molecule has 1 heterocycles. The standard InChI is InChI=1S/C11H9FN2O4S/c12-7-1-3-8(4-2-7)14-19(17,18)9-5-10(11(15)16)13-6-9/h1-6,13-14H,(H,15,16). The number of sulfonamides is 1. The number of carboxylic acids is 1. The number of H-pyrrole nitrogens is 1. The Kier molecular flexibility index (Phi) is 3.26. The number of hydrogen-bond acceptors (Lipinski definition) is 3. The summed E-state index contributed by atoms with van der Waals surface area (Å²) in [6.45, 7) is 0. The van der Waals surface area contributed by atoms with Gasteiger partial charge >= 0.3 is 5.97 Å². The predicted molar refractivity (Wildman–Crippen MR) is 65.0 cm³/mol. The van der Waals surface area contributed by atoms with Crippen LogP contribution >= 0.6 is 0 Å². The molecule has 0 aliphatic rings. The molecule has 3 N–H and O–H groups in total. The van der Waals surface area contributed by atoms with Gasteiger partial charge in [0, 0.05) is 11.9 Å². The van der Waals surface area contributed by atoms with Crippen LogP contribution in [-0.4, -0.2) is 24.5 Å². The highest BCUT2D eigenvalue weighted by Crippen LogP contribution is 2.17. The van der Waals surface area contributed by atoms with Gasteiger partial charge in [-0.05, 0) is 30.3 Å². The number of carbonyl (C=O) groups is 1. The number of halogens is 1. The number of aromatic amines is 1. The minimum Gasteiger partial charge on any atom is -0.477 e. The zero-order valence-corrected chi connectivity index (χ0v) is 10.2. The van der Waals surface area contributed by atoms with Crippen molar-refractivity contribution in [2.45, 2.75) is 4.90 Å². The van der Waals surface area contributed by atoms with Gasteiger partial charge < -0.3 is 10.1 Å². The molecule has 2 rings (SSSR count). The first kappa shape index (κ1) is 13.1. The molecule has 100 valence electrons. The SMILES string of the molecule is O=C(O)c1cc(S(=O)(=O)Nc2ccc(F)cc2)c[nH]1. The van der Waals surface area contributed by atoms with Crippen LogP contribution in [-0.2, 0) is 10.0 Å². The molecule has 2 aromatic rings. The van der Waals surface area contributed by atoms with Gasteiger partial charge in [0.05, 0.1) is 0 Å². The summed E-state index contributed by atoms with van der Waals surface area (Å²) >= 11 is 0. The summed E-state index contributed by atoms with van der Waals surface area (Å²) in [4.78, 5) is 12.8. The largest absolute Gasteiger partial charge is 0.477 e. The molecule has 0 saturated heterocycles. The number of hydrogen-bond donors (Lipinski definition) is 3. The maximum atomic E-state index is 12.7. The molecule has 0 aliphatic heterocycles. The summed E-state index contributed by atoms with van der Waals surface area (Å²) in [6, 6.07) is 5.73. The number of anilines is 1. The summed E-state index contributed by atoms with van der Waals surface area (Å²) in [5, 5.41) is 8.70. The summed E-state index contributed by atoms with van der Waals surface area (Å²) in [6.07, 6.45) is 1.06. The Balaban J connectivity index is 2.26. The summed E-state index contributed by atoms with van der Waals surface area (Å²) in [5.41, 5.74) is -0.0565. The van der Waals surface area contributed by atoms with Crippen molar-refractivity contribution >= 4 is 21.7 Å². The molecule has 1 aromatic carbocycles. The van der Waals surface area contributed by atoms with Crippen LogP contribution < -0.4 is 4.72 Å². The van der Waals surface area contributed by atoms with E-state index in [9.17, 15) is 17.6 Å². The van der Waals surface area contributed by atoms with Crippen LogP contribution in [0.25, 0.3) is 0 Å². The monoisotopic (exact) mass is 284 g/mol. The second kappa shape index (κ2) is 4.73. The third-order valence-electron chi connectivity index (χ3n) is 2.29. The minimum atomic E-state index is -3.91. The minimum absolute atomic E-state index is 0.180. The number of aromatic nitrogens is 1. The first-order valence-electron chi connectivity index (χ1n) is 5.08. The van der Waals surface area contributed by atoms with Gasteiger partial charge in [-0.2, -0.15) is 0 Å². The van der Waals surface area contributed by atoms with E-state index in [0.29, 0.717) is 0 Å². The van der Waals surface area contributed by atoms with Crippen LogP contribution in [0.15, 0.2) is 41.4 Å². The van der Waals surface area contributed by atoms with Crippen LogP contribution in [0.3, 0.4) is 0 Å². The Morgan fingerprint density at radius 2 is 1.89 bits per heavy atom. The molecule has 0 atom stereocenters. The summed E-state index contributed by atoms with van der Waals surface area (Å²) in [5.74, 6) is -1.75. The fraction of sp³-hybridized carbons (Fsp3) is 0. The van der Waals surface area contributed by atoms with Crippen LogP contribution in [0.1, 0.15) is 10.5 Å². The fourth-order valence-corrected chi connectivity index (χ4v) is 2.44.